The van der Waals surface area contributed by atoms with Gasteiger partial charge in [-0.3, -0.25) is 0 Å². The number of benzene rings is 5. The fourth-order valence-corrected chi connectivity index (χ4v) is 7.72. The third-order valence-corrected chi connectivity index (χ3v) is 10.1. The van der Waals surface area contributed by atoms with E-state index in [9.17, 15) is 0 Å². The molecule has 2 heterocycles. The summed E-state index contributed by atoms with van der Waals surface area (Å²) < 4.78 is 5.07. The van der Waals surface area contributed by atoms with Crippen molar-refractivity contribution in [1.29, 1.82) is 0 Å². The van der Waals surface area contributed by atoms with Crippen molar-refractivity contribution in [1.82, 2.24) is 9.13 Å². The summed E-state index contributed by atoms with van der Waals surface area (Å²) >= 11 is 0. The Hall–Kier alpha value is -4.30. The number of aryl methyl sites for hydroxylation is 6. The second kappa shape index (κ2) is 10.1. The van der Waals surface area contributed by atoms with Crippen LogP contribution >= 0.6 is 0 Å². The van der Waals surface area contributed by atoms with Crippen molar-refractivity contribution >= 4 is 43.6 Å². The van der Waals surface area contributed by atoms with Gasteiger partial charge in [-0.05, 0) is 122 Å². The summed E-state index contributed by atoms with van der Waals surface area (Å²) in [4.78, 5) is 0. The SMILES string of the molecule is Cc1ccc2c(c1)c1cc3c(cc1n2-c1c(C)cc(C(C)(C)C)cc1C)c1cc(C)ccc1n3-c1c(C)cc(C(C)(C)C)cc1C. The van der Waals surface area contributed by atoms with Gasteiger partial charge >= 0.3 is 0 Å². The predicted molar refractivity (Wildman–Crippen MR) is 201 cm³/mol. The highest BCUT2D eigenvalue weighted by Crippen LogP contribution is 2.43. The third kappa shape index (κ3) is 4.60. The molecule has 0 aliphatic carbocycles. The van der Waals surface area contributed by atoms with Gasteiger partial charge in [-0.15, -0.1) is 0 Å². The maximum Gasteiger partial charge on any atom is 0.0549 e. The molecule has 0 amide bonds. The van der Waals surface area contributed by atoms with Crippen molar-refractivity contribution in [3.05, 3.63) is 117 Å². The molecule has 0 aliphatic heterocycles. The van der Waals surface area contributed by atoms with Gasteiger partial charge in [0.2, 0.25) is 0 Å². The van der Waals surface area contributed by atoms with E-state index in [0.717, 1.165) is 0 Å². The van der Waals surface area contributed by atoms with Gasteiger partial charge in [0.15, 0.2) is 0 Å². The van der Waals surface area contributed by atoms with E-state index in [1.807, 2.05) is 0 Å². The van der Waals surface area contributed by atoms with E-state index in [4.69, 9.17) is 0 Å². The van der Waals surface area contributed by atoms with Crippen molar-refractivity contribution in [2.75, 3.05) is 0 Å². The van der Waals surface area contributed by atoms with Gasteiger partial charge in [0.1, 0.15) is 0 Å². The van der Waals surface area contributed by atoms with Gasteiger partial charge in [-0.2, -0.15) is 0 Å². The molecular weight excluding hydrogens is 556 g/mol. The smallest absolute Gasteiger partial charge is 0.0549 e. The third-order valence-electron chi connectivity index (χ3n) is 10.1. The maximum atomic E-state index is 2.54. The minimum absolute atomic E-state index is 0.0964. The fraction of sp³-hybridized carbons (Fsp3) is 0.318. The molecule has 0 N–H and O–H groups in total. The zero-order chi connectivity index (χ0) is 33.0. The van der Waals surface area contributed by atoms with Crippen LogP contribution in [0.25, 0.3) is 55.0 Å². The first-order valence-corrected chi connectivity index (χ1v) is 16.8. The van der Waals surface area contributed by atoms with Gasteiger partial charge in [-0.25, -0.2) is 0 Å². The average Bonchev–Trinajstić information content (AvgIpc) is 3.42. The second-order valence-corrected chi connectivity index (χ2v) is 16.0. The molecule has 2 aromatic heterocycles. The predicted octanol–water partition coefficient (Wildman–Crippen LogP) is 12.3. The molecule has 7 rings (SSSR count). The van der Waals surface area contributed by atoms with Crippen molar-refractivity contribution in [2.45, 2.75) is 93.9 Å². The first kappa shape index (κ1) is 30.4. The van der Waals surface area contributed by atoms with Gasteiger partial charge in [0.05, 0.1) is 33.4 Å². The Balaban J connectivity index is 1.64. The van der Waals surface area contributed by atoms with E-state index in [0.29, 0.717) is 0 Å². The molecule has 0 unspecified atom stereocenters. The van der Waals surface area contributed by atoms with E-state index in [1.54, 1.807) is 0 Å². The molecule has 0 spiro atoms. The summed E-state index contributed by atoms with van der Waals surface area (Å²) in [5, 5.41) is 5.21. The van der Waals surface area contributed by atoms with E-state index < -0.39 is 0 Å². The number of hydrogen-bond acceptors (Lipinski definition) is 0. The van der Waals surface area contributed by atoms with Gasteiger partial charge in [-0.1, -0.05) is 89.1 Å². The largest absolute Gasteiger partial charge is 0.309 e. The summed E-state index contributed by atoms with van der Waals surface area (Å²) in [6.45, 7) is 27.4. The Labute approximate surface area is 274 Å². The Morgan fingerprint density at radius 3 is 0.978 bits per heavy atom. The highest BCUT2D eigenvalue weighted by molar-refractivity contribution is 6.19. The van der Waals surface area contributed by atoms with Crippen LogP contribution in [0, 0.1) is 41.5 Å². The van der Waals surface area contributed by atoms with Crippen LogP contribution in [0.1, 0.15) is 86.1 Å². The Kier molecular flexibility index (Phi) is 6.66. The second-order valence-electron chi connectivity index (χ2n) is 16.0. The minimum Gasteiger partial charge on any atom is -0.309 e. The zero-order valence-corrected chi connectivity index (χ0v) is 29.8. The molecule has 5 aromatic carbocycles. The Morgan fingerprint density at radius 1 is 0.370 bits per heavy atom. The lowest BCUT2D eigenvalue weighted by Crippen LogP contribution is -2.13. The Morgan fingerprint density at radius 2 is 0.674 bits per heavy atom. The van der Waals surface area contributed by atoms with Crippen molar-refractivity contribution in [3.63, 3.8) is 0 Å². The van der Waals surface area contributed by atoms with Crippen LogP contribution in [0.3, 0.4) is 0 Å². The summed E-state index contributed by atoms with van der Waals surface area (Å²) in [6, 6.07) is 28.4. The summed E-state index contributed by atoms with van der Waals surface area (Å²) in [7, 11) is 0. The lowest BCUT2D eigenvalue weighted by molar-refractivity contribution is 0.588. The molecule has 2 heteroatoms. The molecule has 0 saturated heterocycles. The van der Waals surface area contributed by atoms with Gasteiger partial charge in [0, 0.05) is 21.5 Å². The van der Waals surface area contributed by atoms with Crippen molar-refractivity contribution < 1.29 is 0 Å². The first-order chi connectivity index (χ1) is 21.5. The highest BCUT2D eigenvalue weighted by atomic mass is 15.0. The van der Waals surface area contributed by atoms with Crippen LogP contribution < -0.4 is 0 Å². The average molecular weight is 605 g/mol. The number of hydrogen-bond donors (Lipinski definition) is 0. The normalized spacial score (nSPS) is 12.8. The first-order valence-electron chi connectivity index (χ1n) is 16.8. The summed E-state index contributed by atoms with van der Waals surface area (Å²) in [6.07, 6.45) is 0. The molecule has 0 fully saturated rings. The van der Waals surface area contributed by atoms with Crippen LogP contribution in [-0.4, -0.2) is 9.13 Å². The van der Waals surface area contributed by atoms with E-state index in [-0.39, 0.29) is 10.8 Å². The van der Waals surface area contributed by atoms with Crippen LogP contribution in [0.15, 0.2) is 72.8 Å². The summed E-state index contributed by atoms with van der Waals surface area (Å²) in [5.41, 5.74) is 18.4. The molecule has 0 aliphatic rings. The molecule has 0 saturated carbocycles. The molecule has 7 aromatic rings. The zero-order valence-electron chi connectivity index (χ0n) is 29.8. The molecule has 0 bridgehead atoms. The fourth-order valence-electron chi connectivity index (χ4n) is 7.72. The van der Waals surface area contributed by atoms with E-state index in [1.165, 1.54) is 99.5 Å². The number of aromatic nitrogens is 2. The number of fused-ring (bicyclic) bond motifs is 6. The number of nitrogens with zero attached hydrogens (tertiary/aromatic N) is 2. The molecule has 46 heavy (non-hydrogen) atoms. The minimum atomic E-state index is 0.0964. The quantitative estimate of drug-likeness (QED) is 0.186. The molecule has 234 valence electrons. The lowest BCUT2D eigenvalue weighted by atomic mass is 9.84. The van der Waals surface area contributed by atoms with Crippen molar-refractivity contribution in [3.8, 4) is 11.4 Å². The molecule has 0 atom stereocenters. The molecule has 0 radical (unpaired) electrons. The van der Waals surface area contributed by atoms with E-state index >= 15 is 0 Å². The van der Waals surface area contributed by atoms with Crippen molar-refractivity contribution in [2.24, 2.45) is 0 Å². The highest BCUT2D eigenvalue weighted by Gasteiger charge is 2.24. The van der Waals surface area contributed by atoms with Crippen LogP contribution in [0.4, 0.5) is 0 Å². The monoisotopic (exact) mass is 604 g/mol. The molecular formula is C44H48N2. The van der Waals surface area contributed by atoms with Crippen LogP contribution in [0.2, 0.25) is 0 Å². The number of rotatable bonds is 2. The standard InChI is InChI=1S/C44H48N2/c1-25-13-15-37-33(17-25)35-23-40-36(24-39(35)45(37)41-27(3)19-31(20-28(41)4)43(7,8)9)34-18-26(2)14-16-38(34)46(40)42-29(5)21-32(22-30(42)6)44(10,11)12/h13-24H,1-12H3. The molecule has 2 nitrogen and oxygen atoms in total. The summed E-state index contributed by atoms with van der Waals surface area (Å²) in [5.74, 6) is 0. The van der Waals surface area contributed by atoms with Crippen LogP contribution in [-0.2, 0) is 10.8 Å². The van der Waals surface area contributed by atoms with Gasteiger partial charge in [0.25, 0.3) is 0 Å². The Bertz CT molecular complexity index is 2160. The van der Waals surface area contributed by atoms with E-state index in [2.05, 4.69) is 165 Å². The van der Waals surface area contributed by atoms with Gasteiger partial charge < -0.3 is 9.13 Å². The topological polar surface area (TPSA) is 9.86 Å². The lowest BCUT2D eigenvalue weighted by Gasteiger charge is -2.23. The maximum absolute atomic E-state index is 2.54. The van der Waals surface area contributed by atoms with Crippen LogP contribution in [0.5, 0.6) is 0 Å².